The summed E-state index contributed by atoms with van der Waals surface area (Å²) in [5.41, 5.74) is -2.67. The second-order valence-corrected chi connectivity index (χ2v) is 6.67. The van der Waals surface area contributed by atoms with Crippen molar-refractivity contribution in [1.82, 2.24) is 15.1 Å². The lowest BCUT2D eigenvalue weighted by Crippen LogP contribution is -2.56. The number of urea groups is 1. The van der Waals surface area contributed by atoms with Gasteiger partial charge < -0.3 is 15.3 Å². The lowest BCUT2D eigenvalue weighted by molar-refractivity contribution is -0.271. The van der Waals surface area contributed by atoms with Gasteiger partial charge in [0, 0.05) is 51.1 Å². The third kappa shape index (κ3) is 5.24. The number of rotatable bonds is 5. The number of carbonyl (C=O) groups is 1. The largest absolute Gasteiger partial charge is 0.417 e. The maximum absolute atomic E-state index is 12.7. The average Bonchev–Trinajstić information content (AvgIpc) is 2.42. The molecule has 1 aliphatic heterocycles. The minimum atomic E-state index is -4.65. The summed E-state index contributed by atoms with van der Waals surface area (Å²) in [4.78, 5) is 15.6. The lowest BCUT2D eigenvalue weighted by Gasteiger charge is -2.39. The van der Waals surface area contributed by atoms with Crippen molar-refractivity contribution in [2.45, 2.75) is 64.4 Å². The Kier molecular flexibility index (Phi) is 6.70. The number of hydrogen-bond donors (Lipinski definition) is 2. The van der Waals surface area contributed by atoms with Crippen molar-refractivity contribution in [2.75, 3.05) is 26.2 Å². The van der Waals surface area contributed by atoms with Gasteiger partial charge in [-0.3, -0.25) is 4.90 Å². The van der Waals surface area contributed by atoms with Crippen LogP contribution in [-0.4, -0.2) is 71.0 Å². The highest BCUT2D eigenvalue weighted by molar-refractivity contribution is 5.74. The third-order valence-corrected chi connectivity index (χ3v) is 4.38. The Morgan fingerprint density at radius 2 is 1.70 bits per heavy atom. The van der Waals surface area contributed by atoms with Crippen molar-refractivity contribution in [3.8, 4) is 0 Å². The predicted molar refractivity (Wildman–Crippen MR) is 82.2 cm³/mol. The number of carbonyl (C=O) groups excluding carboxylic acids is 1. The van der Waals surface area contributed by atoms with Gasteiger partial charge in [0.25, 0.3) is 0 Å². The molecule has 8 heteroatoms. The van der Waals surface area contributed by atoms with Gasteiger partial charge in [-0.05, 0) is 27.7 Å². The molecule has 0 unspecified atom stereocenters. The Hall–Kier alpha value is -1.02. The molecule has 0 saturated carbocycles. The first-order valence-electron chi connectivity index (χ1n) is 8.05. The summed E-state index contributed by atoms with van der Waals surface area (Å²) < 4.78 is 38.2. The fourth-order valence-electron chi connectivity index (χ4n) is 2.88. The minimum Gasteiger partial charge on any atom is -0.380 e. The van der Waals surface area contributed by atoms with Crippen LogP contribution < -0.4 is 5.32 Å². The number of likely N-dealkylation sites (tertiary alicyclic amines) is 1. The van der Waals surface area contributed by atoms with Crippen LogP contribution >= 0.6 is 0 Å². The zero-order valence-corrected chi connectivity index (χ0v) is 14.3. The first kappa shape index (κ1) is 20.0. The predicted octanol–water partition coefficient (Wildman–Crippen LogP) is 2.20. The molecule has 1 aliphatic rings. The van der Waals surface area contributed by atoms with Crippen LogP contribution in [0.5, 0.6) is 0 Å². The molecule has 0 radical (unpaired) electrons. The number of alkyl halides is 3. The molecule has 23 heavy (non-hydrogen) atoms. The molecule has 2 N–H and O–H groups in total. The van der Waals surface area contributed by atoms with Crippen molar-refractivity contribution >= 4 is 6.03 Å². The van der Waals surface area contributed by atoms with Crippen molar-refractivity contribution in [3.63, 3.8) is 0 Å². The topological polar surface area (TPSA) is 55.8 Å². The fraction of sp³-hybridized carbons (Fsp3) is 0.933. The highest BCUT2D eigenvalue weighted by Crippen LogP contribution is 2.38. The minimum absolute atomic E-state index is 0.0973. The number of piperidine rings is 1. The highest BCUT2D eigenvalue weighted by Gasteiger charge is 2.54. The van der Waals surface area contributed by atoms with Crippen LogP contribution in [0.15, 0.2) is 0 Å². The molecule has 1 fully saturated rings. The van der Waals surface area contributed by atoms with E-state index in [-0.39, 0.29) is 19.1 Å². The van der Waals surface area contributed by atoms with Crippen LogP contribution in [0.2, 0.25) is 0 Å². The molecule has 1 rings (SSSR count). The second-order valence-electron chi connectivity index (χ2n) is 6.67. The molecular weight excluding hydrogens is 311 g/mol. The van der Waals surface area contributed by atoms with E-state index in [0.29, 0.717) is 25.2 Å². The van der Waals surface area contributed by atoms with Gasteiger partial charge in [0.1, 0.15) is 0 Å². The summed E-state index contributed by atoms with van der Waals surface area (Å²) in [5.74, 6) is 0. The van der Waals surface area contributed by atoms with E-state index in [1.54, 1.807) is 0 Å². The quantitative estimate of drug-likeness (QED) is 0.807. The van der Waals surface area contributed by atoms with Crippen molar-refractivity contribution in [1.29, 1.82) is 0 Å². The normalized spacial score (nSPS) is 18.8. The summed E-state index contributed by atoms with van der Waals surface area (Å²) in [6.07, 6.45) is -5.60. The molecule has 0 aromatic heterocycles. The summed E-state index contributed by atoms with van der Waals surface area (Å²) in [6, 6.07) is 0.328. The number of hydrogen-bond acceptors (Lipinski definition) is 3. The first-order valence-corrected chi connectivity index (χ1v) is 8.05. The van der Waals surface area contributed by atoms with E-state index in [1.165, 1.54) is 4.90 Å². The smallest absolute Gasteiger partial charge is 0.380 e. The molecule has 136 valence electrons. The van der Waals surface area contributed by atoms with Gasteiger partial charge in [-0.2, -0.15) is 13.2 Å². The van der Waals surface area contributed by atoms with Crippen LogP contribution in [0.3, 0.4) is 0 Å². The Labute approximate surface area is 135 Å². The van der Waals surface area contributed by atoms with Crippen molar-refractivity contribution in [2.24, 2.45) is 0 Å². The Balaban J connectivity index is 2.41. The van der Waals surface area contributed by atoms with Crippen LogP contribution in [0.1, 0.15) is 40.5 Å². The summed E-state index contributed by atoms with van der Waals surface area (Å²) in [7, 11) is 0. The lowest BCUT2D eigenvalue weighted by atomic mass is 9.91. The number of halogens is 3. The molecule has 2 amide bonds. The van der Waals surface area contributed by atoms with E-state index in [4.69, 9.17) is 0 Å². The fourth-order valence-corrected chi connectivity index (χ4v) is 2.88. The number of aliphatic hydroxyl groups is 1. The van der Waals surface area contributed by atoms with Gasteiger partial charge in [0.2, 0.25) is 0 Å². The number of nitrogens with zero attached hydrogens (tertiary/aromatic N) is 2. The Bertz CT molecular complexity index is 384. The zero-order valence-electron chi connectivity index (χ0n) is 14.3. The SMILES string of the molecule is CC(C)N(CCNC(=O)N1CCC(O)(C(F)(F)F)CC1)C(C)C. The van der Waals surface area contributed by atoms with E-state index >= 15 is 0 Å². The van der Waals surface area contributed by atoms with Gasteiger partial charge in [0.15, 0.2) is 5.60 Å². The van der Waals surface area contributed by atoms with Gasteiger partial charge in [-0.15, -0.1) is 0 Å². The number of nitrogens with one attached hydrogen (secondary N) is 1. The summed E-state index contributed by atoms with van der Waals surface area (Å²) in [6.45, 7) is 9.22. The Morgan fingerprint density at radius 1 is 1.22 bits per heavy atom. The molecule has 1 heterocycles. The van der Waals surface area contributed by atoms with Crippen molar-refractivity contribution < 1.29 is 23.1 Å². The first-order chi connectivity index (χ1) is 10.5. The van der Waals surface area contributed by atoms with Gasteiger partial charge in [0.05, 0.1) is 0 Å². The molecule has 0 bridgehead atoms. The Morgan fingerprint density at radius 3 is 2.09 bits per heavy atom. The molecule has 0 aromatic carbocycles. The third-order valence-electron chi connectivity index (χ3n) is 4.38. The van der Waals surface area contributed by atoms with E-state index in [2.05, 4.69) is 37.9 Å². The van der Waals surface area contributed by atoms with Gasteiger partial charge in [-0.25, -0.2) is 4.79 Å². The molecule has 0 atom stereocenters. The summed E-state index contributed by atoms with van der Waals surface area (Å²) in [5, 5.41) is 12.3. The monoisotopic (exact) mass is 339 g/mol. The van der Waals surface area contributed by atoms with Gasteiger partial charge in [-0.1, -0.05) is 0 Å². The van der Waals surface area contributed by atoms with Gasteiger partial charge >= 0.3 is 12.2 Å². The molecule has 0 aliphatic carbocycles. The van der Waals surface area contributed by atoms with Crippen molar-refractivity contribution in [3.05, 3.63) is 0 Å². The molecule has 5 nitrogen and oxygen atoms in total. The summed E-state index contributed by atoms with van der Waals surface area (Å²) >= 11 is 0. The van der Waals surface area contributed by atoms with E-state index in [1.807, 2.05) is 0 Å². The molecular formula is C15H28F3N3O2. The van der Waals surface area contributed by atoms with E-state index in [9.17, 15) is 23.1 Å². The van der Waals surface area contributed by atoms with Crippen LogP contribution in [0.25, 0.3) is 0 Å². The second kappa shape index (κ2) is 7.70. The molecule has 0 spiro atoms. The van der Waals surface area contributed by atoms with Crippen LogP contribution in [0, 0.1) is 0 Å². The molecule has 0 aromatic rings. The highest BCUT2D eigenvalue weighted by atomic mass is 19.4. The maximum Gasteiger partial charge on any atom is 0.417 e. The number of amides is 2. The zero-order chi connectivity index (χ0) is 17.8. The van der Waals surface area contributed by atoms with Crippen LogP contribution in [-0.2, 0) is 0 Å². The average molecular weight is 339 g/mol. The van der Waals surface area contributed by atoms with E-state index < -0.39 is 24.6 Å². The standard InChI is InChI=1S/C15H28F3N3O2/c1-11(2)21(12(3)4)10-7-19-13(22)20-8-5-14(23,6-9-20)15(16,17)18/h11-12,23H,5-10H2,1-4H3,(H,19,22). The van der Waals surface area contributed by atoms with Crippen LogP contribution in [0.4, 0.5) is 18.0 Å². The van der Waals surface area contributed by atoms with E-state index in [0.717, 1.165) is 0 Å². The molecule has 1 saturated heterocycles. The maximum atomic E-state index is 12.7.